The van der Waals surface area contributed by atoms with Gasteiger partial charge in [-0.3, -0.25) is 9.59 Å². The Hall–Kier alpha value is -1.22. The summed E-state index contributed by atoms with van der Waals surface area (Å²) >= 11 is 1.93. The van der Waals surface area contributed by atoms with Gasteiger partial charge in [-0.1, -0.05) is 0 Å². The zero-order valence-electron chi connectivity index (χ0n) is 11.0. The minimum atomic E-state index is -0.540. The van der Waals surface area contributed by atoms with Crippen molar-refractivity contribution < 1.29 is 14.0 Å². The van der Waals surface area contributed by atoms with Gasteiger partial charge in [0.15, 0.2) is 0 Å². The van der Waals surface area contributed by atoms with Crippen molar-refractivity contribution in [1.29, 1.82) is 0 Å². The van der Waals surface area contributed by atoms with E-state index in [9.17, 15) is 14.0 Å². The number of rotatable bonds is 2. The Bertz CT molecular complexity index is 538. The number of benzene rings is 1. The summed E-state index contributed by atoms with van der Waals surface area (Å²) in [5.41, 5.74) is 0.419. The molecule has 7 heteroatoms. The van der Waals surface area contributed by atoms with Gasteiger partial charge in [0.2, 0.25) is 5.91 Å². The van der Waals surface area contributed by atoms with Crippen molar-refractivity contribution >= 4 is 34.4 Å². The van der Waals surface area contributed by atoms with Crippen LogP contribution in [0.15, 0.2) is 18.2 Å². The van der Waals surface area contributed by atoms with E-state index < -0.39 is 6.04 Å². The predicted molar refractivity (Wildman–Crippen MR) is 80.9 cm³/mol. The van der Waals surface area contributed by atoms with Crippen molar-refractivity contribution in [3.05, 3.63) is 33.1 Å². The number of nitrogens with zero attached hydrogens (tertiary/aromatic N) is 1. The van der Waals surface area contributed by atoms with Crippen molar-refractivity contribution in [2.24, 2.45) is 0 Å². The quantitative estimate of drug-likeness (QED) is 0.726. The van der Waals surface area contributed by atoms with Crippen molar-refractivity contribution in [2.75, 3.05) is 26.7 Å². The molecule has 2 N–H and O–H groups in total. The van der Waals surface area contributed by atoms with Gasteiger partial charge in [-0.05, 0) is 40.8 Å². The predicted octanol–water partition coefficient (Wildman–Crippen LogP) is 0.590. The number of likely N-dealkylation sites (N-methyl/N-ethyl adjacent to an activating group) is 1. The van der Waals surface area contributed by atoms with Crippen LogP contribution < -0.4 is 10.6 Å². The number of hydrogen-bond acceptors (Lipinski definition) is 3. The molecule has 1 saturated heterocycles. The van der Waals surface area contributed by atoms with E-state index in [0.717, 1.165) is 0 Å². The first-order valence-corrected chi connectivity index (χ1v) is 7.31. The van der Waals surface area contributed by atoms with Gasteiger partial charge in [-0.2, -0.15) is 0 Å². The number of carbonyl (C=O) groups is 2. The lowest BCUT2D eigenvalue weighted by Crippen LogP contribution is -2.59. The minimum Gasteiger partial charge on any atom is -0.357 e. The lowest BCUT2D eigenvalue weighted by molar-refractivity contribution is -0.125. The minimum absolute atomic E-state index is 0.206. The van der Waals surface area contributed by atoms with Gasteiger partial charge in [0, 0.05) is 30.3 Å². The van der Waals surface area contributed by atoms with Crippen LogP contribution in [-0.4, -0.2) is 49.4 Å². The van der Waals surface area contributed by atoms with Gasteiger partial charge in [0.1, 0.15) is 11.9 Å². The standard InChI is InChI=1S/C13H15FIN3O2/c1-16-12(19)11-7-17-4-5-18(11)13(20)9-3-2-8(14)6-10(9)15/h2-3,6,11,17H,4-5,7H2,1H3,(H,16,19). The molecule has 20 heavy (non-hydrogen) atoms. The van der Waals surface area contributed by atoms with E-state index in [4.69, 9.17) is 0 Å². The van der Waals surface area contributed by atoms with Crippen LogP contribution in [-0.2, 0) is 4.79 Å². The van der Waals surface area contributed by atoms with Gasteiger partial charge in [0.25, 0.3) is 5.91 Å². The average molecular weight is 391 g/mol. The molecule has 0 spiro atoms. The summed E-state index contributed by atoms with van der Waals surface area (Å²) in [5.74, 6) is -0.832. The lowest BCUT2D eigenvalue weighted by atomic mass is 10.1. The van der Waals surface area contributed by atoms with Gasteiger partial charge >= 0.3 is 0 Å². The Morgan fingerprint density at radius 1 is 1.50 bits per heavy atom. The molecule has 108 valence electrons. The summed E-state index contributed by atoms with van der Waals surface area (Å²) in [6.07, 6.45) is 0. The molecule has 1 unspecified atom stereocenters. The molecular formula is C13H15FIN3O2. The summed E-state index contributed by atoms with van der Waals surface area (Å²) in [6, 6.07) is 3.49. The van der Waals surface area contributed by atoms with Crippen LogP contribution in [0.4, 0.5) is 4.39 Å². The number of piperazine rings is 1. The van der Waals surface area contributed by atoms with E-state index in [1.807, 2.05) is 22.6 Å². The van der Waals surface area contributed by atoms with Crippen LogP contribution >= 0.6 is 22.6 Å². The topological polar surface area (TPSA) is 61.4 Å². The van der Waals surface area contributed by atoms with E-state index in [2.05, 4.69) is 10.6 Å². The summed E-state index contributed by atoms with van der Waals surface area (Å²) < 4.78 is 13.7. The molecule has 5 nitrogen and oxygen atoms in total. The molecule has 0 saturated carbocycles. The van der Waals surface area contributed by atoms with Crippen LogP contribution in [0, 0.1) is 9.39 Å². The van der Waals surface area contributed by atoms with E-state index >= 15 is 0 Å². The maximum atomic E-state index is 13.1. The Morgan fingerprint density at radius 2 is 2.25 bits per heavy atom. The van der Waals surface area contributed by atoms with Crippen LogP contribution in [0.3, 0.4) is 0 Å². The highest BCUT2D eigenvalue weighted by Crippen LogP contribution is 2.18. The first-order chi connectivity index (χ1) is 9.54. The molecule has 1 aromatic carbocycles. The second-order valence-electron chi connectivity index (χ2n) is 4.46. The van der Waals surface area contributed by atoms with Gasteiger partial charge in [-0.15, -0.1) is 0 Å². The molecule has 1 aliphatic heterocycles. The van der Waals surface area contributed by atoms with E-state index in [0.29, 0.717) is 28.8 Å². The number of halogens is 2. The molecule has 1 aromatic rings. The largest absolute Gasteiger partial charge is 0.357 e. The fourth-order valence-electron chi connectivity index (χ4n) is 2.17. The fraction of sp³-hybridized carbons (Fsp3) is 0.385. The zero-order valence-corrected chi connectivity index (χ0v) is 13.1. The highest BCUT2D eigenvalue weighted by atomic mass is 127. The van der Waals surface area contributed by atoms with E-state index in [-0.39, 0.29) is 17.6 Å². The van der Waals surface area contributed by atoms with Crippen LogP contribution in [0.5, 0.6) is 0 Å². The van der Waals surface area contributed by atoms with Crippen LogP contribution in [0.25, 0.3) is 0 Å². The number of nitrogens with one attached hydrogen (secondary N) is 2. The maximum Gasteiger partial charge on any atom is 0.255 e. The van der Waals surface area contributed by atoms with Gasteiger partial charge < -0.3 is 15.5 Å². The molecule has 0 bridgehead atoms. The third-order valence-corrected chi connectivity index (χ3v) is 4.11. The van der Waals surface area contributed by atoms with Crippen LogP contribution in [0.1, 0.15) is 10.4 Å². The SMILES string of the molecule is CNC(=O)C1CNCCN1C(=O)c1ccc(F)cc1I. The molecule has 0 aliphatic carbocycles. The summed E-state index contributed by atoms with van der Waals surface area (Å²) in [4.78, 5) is 25.9. The fourth-order valence-corrected chi connectivity index (χ4v) is 2.87. The molecular weight excluding hydrogens is 376 g/mol. The van der Waals surface area contributed by atoms with Crippen molar-refractivity contribution in [2.45, 2.75) is 6.04 Å². The third kappa shape index (κ3) is 3.09. The van der Waals surface area contributed by atoms with E-state index in [1.54, 1.807) is 7.05 Å². The number of carbonyl (C=O) groups excluding carboxylic acids is 2. The molecule has 2 rings (SSSR count). The Kier molecular flexibility index (Phi) is 4.92. The summed E-state index contributed by atoms with van der Waals surface area (Å²) in [6.45, 7) is 1.50. The number of hydrogen-bond donors (Lipinski definition) is 2. The molecule has 1 heterocycles. The summed E-state index contributed by atoms with van der Waals surface area (Å²) in [5, 5.41) is 5.65. The first-order valence-electron chi connectivity index (χ1n) is 6.23. The average Bonchev–Trinajstić information content (AvgIpc) is 2.46. The lowest BCUT2D eigenvalue weighted by Gasteiger charge is -2.35. The van der Waals surface area contributed by atoms with Crippen molar-refractivity contribution in [3.8, 4) is 0 Å². The monoisotopic (exact) mass is 391 g/mol. The Morgan fingerprint density at radius 3 is 2.90 bits per heavy atom. The smallest absolute Gasteiger partial charge is 0.255 e. The van der Waals surface area contributed by atoms with Crippen molar-refractivity contribution in [1.82, 2.24) is 15.5 Å². The van der Waals surface area contributed by atoms with E-state index in [1.165, 1.54) is 23.1 Å². The zero-order chi connectivity index (χ0) is 14.7. The summed E-state index contributed by atoms with van der Waals surface area (Å²) in [7, 11) is 1.54. The molecule has 2 amide bonds. The van der Waals surface area contributed by atoms with Crippen LogP contribution in [0.2, 0.25) is 0 Å². The normalized spacial score (nSPS) is 18.8. The third-order valence-electron chi connectivity index (χ3n) is 3.21. The molecule has 0 radical (unpaired) electrons. The Balaban J connectivity index is 2.27. The second kappa shape index (κ2) is 6.49. The molecule has 1 fully saturated rings. The van der Waals surface area contributed by atoms with Gasteiger partial charge in [-0.25, -0.2) is 4.39 Å². The molecule has 0 aromatic heterocycles. The first kappa shape index (κ1) is 15.2. The van der Waals surface area contributed by atoms with Gasteiger partial charge in [0.05, 0.1) is 5.56 Å². The highest BCUT2D eigenvalue weighted by molar-refractivity contribution is 14.1. The number of amides is 2. The Labute approximate surface area is 130 Å². The molecule has 1 aliphatic rings. The molecule has 1 atom stereocenters. The van der Waals surface area contributed by atoms with Crippen molar-refractivity contribution in [3.63, 3.8) is 0 Å². The maximum absolute atomic E-state index is 13.1. The second-order valence-corrected chi connectivity index (χ2v) is 5.62. The highest BCUT2D eigenvalue weighted by Gasteiger charge is 2.32.